The van der Waals surface area contributed by atoms with Crippen molar-refractivity contribution >= 4 is 78.5 Å². The van der Waals surface area contributed by atoms with E-state index in [1.165, 1.54) is 94.0 Å². The zero-order chi connectivity index (χ0) is 31.6. The number of aromatic nitrogens is 2. The molecule has 4 nitrogen and oxygen atoms in total. The monoisotopic (exact) mass is 808 g/mol. The van der Waals surface area contributed by atoms with E-state index in [4.69, 9.17) is 0 Å². The largest absolute Gasteiger partial charge is 0.357 e. The van der Waals surface area contributed by atoms with E-state index >= 15 is 0 Å². The number of rotatable bonds is 6. The van der Waals surface area contributed by atoms with Crippen LogP contribution in [0.15, 0.2) is 106 Å². The first-order chi connectivity index (χ1) is 22.4. The summed E-state index contributed by atoms with van der Waals surface area (Å²) in [5, 5.41) is 10.4. The van der Waals surface area contributed by atoms with E-state index in [0.717, 1.165) is 8.95 Å². The third-order valence-electron chi connectivity index (χ3n) is 9.84. The molecule has 0 fully saturated rings. The maximum Gasteiger partial charge on any atom is 0.0480 e. The number of hydrogen-bond acceptors (Lipinski definition) is 2. The van der Waals surface area contributed by atoms with Gasteiger partial charge in [-0.1, -0.05) is 92.5 Å². The van der Waals surface area contributed by atoms with Gasteiger partial charge in [0.25, 0.3) is 0 Å². The zero-order valence-corrected chi connectivity index (χ0v) is 32.2. The van der Waals surface area contributed by atoms with E-state index in [2.05, 4.69) is 163 Å². The summed E-state index contributed by atoms with van der Waals surface area (Å²) in [5.41, 5.74) is 10.9. The highest BCUT2D eigenvalue weighted by atomic mass is 79.9. The molecule has 2 aliphatic rings. The fourth-order valence-corrected chi connectivity index (χ4v) is 8.20. The van der Waals surface area contributed by atoms with Gasteiger partial charge in [0.2, 0.25) is 0 Å². The number of halogens is 4. The highest BCUT2D eigenvalue weighted by Gasteiger charge is 2.27. The van der Waals surface area contributed by atoms with Gasteiger partial charge < -0.3 is 20.6 Å². The molecule has 0 bridgehead atoms. The van der Waals surface area contributed by atoms with Gasteiger partial charge in [0, 0.05) is 66.3 Å². The minimum Gasteiger partial charge on any atom is -0.357 e. The SMILES string of the molecule is C[C@H](N[C@@H]1CCCc2c1[nH]c1ccc(Br)cc21)c1ccccc1.C[C@H](N[C@H]1CCCc2c1[nH]c1ccc(Br)cc21)c1ccccc1.Cl.Cl. The Morgan fingerprint density at radius 2 is 0.979 bits per heavy atom. The van der Waals surface area contributed by atoms with Crippen molar-refractivity contribution in [3.05, 3.63) is 140 Å². The van der Waals surface area contributed by atoms with Crippen LogP contribution < -0.4 is 10.6 Å². The van der Waals surface area contributed by atoms with E-state index < -0.39 is 0 Å². The lowest BCUT2D eigenvalue weighted by molar-refractivity contribution is 0.410. The maximum atomic E-state index is 3.82. The summed E-state index contributed by atoms with van der Waals surface area (Å²) in [6.45, 7) is 4.51. The maximum absolute atomic E-state index is 3.82. The van der Waals surface area contributed by atoms with Crippen LogP contribution in [0.2, 0.25) is 0 Å². The minimum absolute atomic E-state index is 0. The number of H-pyrrole nitrogens is 2. The van der Waals surface area contributed by atoms with Crippen molar-refractivity contribution < 1.29 is 0 Å². The molecule has 0 spiro atoms. The second-order valence-corrected chi connectivity index (χ2v) is 14.7. The predicted molar refractivity (Wildman–Crippen MR) is 214 cm³/mol. The number of aryl methyl sites for hydroxylation is 2. The summed E-state index contributed by atoms with van der Waals surface area (Å²) in [4.78, 5) is 7.33. The Morgan fingerprint density at radius 1 is 0.583 bits per heavy atom. The van der Waals surface area contributed by atoms with Crippen molar-refractivity contribution in [2.45, 2.75) is 76.5 Å². The molecule has 0 unspecified atom stereocenters. The standard InChI is InChI=1S/2C20H21BrN2.2ClH/c2*1-13(14-6-3-2-4-7-14)22-19-9-5-8-16-17-12-15(21)10-11-18(17)23-20(16)19;;/h2*2-4,6-7,10-13,19,22-23H,5,8-9H2,1H3;2*1H/t13-,19+;13-,19-;;/m00../s1. The lowest BCUT2D eigenvalue weighted by Crippen LogP contribution is -2.27. The first kappa shape index (κ1) is 36.7. The average molecular weight is 812 g/mol. The molecule has 8 rings (SSSR count). The Morgan fingerprint density at radius 3 is 1.38 bits per heavy atom. The molecule has 48 heavy (non-hydrogen) atoms. The third kappa shape index (κ3) is 7.90. The summed E-state index contributed by atoms with van der Waals surface area (Å²) in [6.07, 6.45) is 7.21. The first-order valence-corrected chi connectivity index (χ1v) is 18.2. The van der Waals surface area contributed by atoms with Gasteiger partial charge in [-0.3, -0.25) is 0 Å². The first-order valence-electron chi connectivity index (χ1n) is 16.7. The van der Waals surface area contributed by atoms with Crippen LogP contribution in [0, 0.1) is 0 Å². The molecule has 4 atom stereocenters. The van der Waals surface area contributed by atoms with Crippen LogP contribution in [0.3, 0.4) is 0 Å². The Balaban J connectivity index is 0.000000180. The van der Waals surface area contributed by atoms with Crippen LogP contribution in [0.4, 0.5) is 0 Å². The molecule has 4 N–H and O–H groups in total. The summed E-state index contributed by atoms with van der Waals surface area (Å²) in [5.74, 6) is 0. The molecular weight excluding hydrogens is 767 g/mol. The Bertz CT molecular complexity index is 1800. The van der Waals surface area contributed by atoms with Gasteiger partial charge in [0.05, 0.1) is 0 Å². The molecule has 0 saturated heterocycles. The van der Waals surface area contributed by atoms with Gasteiger partial charge in [-0.2, -0.15) is 0 Å². The minimum atomic E-state index is 0. The topological polar surface area (TPSA) is 55.6 Å². The van der Waals surface area contributed by atoms with Gasteiger partial charge in [0.15, 0.2) is 0 Å². The molecule has 2 aliphatic carbocycles. The van der Waals surface area contributed by atoms with E-state index in [9.17, 15) is 0 Å². The van der Waals surface area contributed by atoms with Gasteiger partial charge in [0.1, 0.15) is 0 Å². The van der Waals surface area contributed by atoms with E-state index in [1.807, 2.05) is 0 Å². The molecule has 2 heterocycles. The molecule has 252 valence electrons. The molecule has 8 heteroatoms. The van der Waals surface area contributed by atoms with E-state index in [1.54, 1.807) is 0 Å². The van der Waals surface area contributed by atoms with Crippen LogP contribution in [-0.2, 0) is 12.8 Å². The van der Waals surface area contributed by atoms with Gasteiger partial charge in [-0.05, 0) is 111 Å². The van der Waals surface area contributed by atoms with E-state index in [-0.39, 0.29) is 24.8 Å². The van der Waals surface area contributed by atoms with Crippen LogP contribution in [0.25, 0.3) is 21.8 Å². The Labute approximate surface area is 313 Å². The molecular formula is C40H44Br2Cl2N4. The quantitative estimate of drug-likeness (QED) is 0.135. The van der Waals surface area contributed by atoms with Gasteiger partial charge in [-0.15, -0.1) is 24.8 Å². The van der Waals surface area contributed by atoms with E-state index in [0.29, 0.717) is 24.2 Å². The smallest absolute Gasteiger partial charge is 0.0480 e. The lowest BCUT2D eigenvalue weighted by atomic mass is 9.91. The number of fused-ring (bicyclic) bond motifs is 6. The predicted octanol–water partition coefficient (Wildman–Crippen LogP) is 12.2. The van der Waals surface area contributed by atoms with Crippen LogP contribution >= 0.6 is 56.7 Å². The summed E-state index contributed by atoms with van der Waals surface area (Å²) in [6, 6.07) is 36.0. The van der Waals surface area contributed by atoms with Crippen molar-refractivity contribution in [1.82, 2.24) is 20.6 Å². The normalized spacial score (nSPS) is 18.0. The summed E-state index contributed by atoms with van der Waals surface area (Å²) >= 11 is 7.20. The van der Waals surface area contributed by atoms with Crippen molar-refractivity contribution in [2.24, 2.45) is 0 Å². The van der Waals surface area contributed by atoms with Gasteiger partial charge >= 0.3 is 0 Å². The Kier molecular flexibility index (Phi) is 12.6. The van der Waals surface area contributed by atoms with Gasteiger partial charge in [-0.25, -0.2) is 0 Å². The fraction of sp³-hybridized carbons (Fsp3) is 0.300. The van der Waals surface area contributed by atoms with Crippen LogP contribution in [-0.4, -0.2) is 9.97 Å². The summed E-state index contributed by atoms with van der Waals surface area (Å²) in [7, 11) is 0. The summed E-state index contributed by atoms with van der Waals surface area (Å²) < 4.78 is 2.30. The molecule has 0 saturated carbocycles. The van der Waals surface area contributed by atoms with Crippen molar-refractivity contribution in [3.8, 4) is 0 Å². The second kappa shape index (κ2) is 16.4. The molecule has 2 aromatic heterocycles. The second-order valence-electron chi connectivity index (χ2n) is 12.9. The number of benzene rings is 4. The Hall–Kier alpha value is -2.58. The highest BCUT2D eigenvalue weighted by Crippen LogP contribution is 2.38. The van der Waals surface area contributed by atoms with Crippen LogP contribution in [0.5, 0.6) is 0 Å². The molecule has 0 radical (unpaired) electrons. The zero-order valence-electron chi connectivity index (χ0n) is 27.4. The molecule has 0 aliphatic heterocycles. The fourth-order valence-electron chi connectivity index (χ4n) is 7.48. The number of nitrogens with one attached hydrogen (secondary N) is 4. The molecule has 4 aromatic carbocycles. The number of hydrogen-bond donors (Lipinski definition) is 4. The van der Waals surface area contributed by atoms with Crippen molar-refractivity contribution in [3.63, 3.8) is 0 Å². The average Bonchev–Trinajstić information content (AvgIpc) is 3.65. The van der Waals surface area contributed by atoms with Crippen molar-refractivity contribution in [2.75, 3.05) is 0 Å². The van der Waals surface area contributed by atoms with Crippen LogP contribution in [0.1, 0.15) is 97.3 Å². The molecule has 6 aromatic rings. The third-order valence-corrected chi connectivity index (χ3v) is 10.8. The van der Waals surface area contributed by atoms with Crippen molar-refractivity contribution in [1.29, 1.82) is 0 Å². The number of aromatic amines is 2. The lowest BCUT2D eigenvalue weighted by Gasteiger charge is -2.27. The highest BCUT2D eigenvalue weighted by molar-refractivity contribution is 9.10. The molecule has 0 amide bonds.